The second kappa shape index (κ2) is 5.80. The van der Waals surface area contributed by atoms with Crippen molar-refractivity contribution in [2.24, 2.45) is 10.7 Å². The minimum Gasteiger partial charge on any atom is -0.366 e. The number of amides is 1. The van der Waals surface area contributed by atoms with Gasteiger partial charge < -0.3 is 5.73 Å². The molecular formula is C14H16N2O. The van der Waals surface area contributed by atoms with E-state index in [1.54, 1.807) is 12.1 Å². The van der Waals surface area contributed by atoms with Gasteiger partial charge in [0.1, 0.15) is 0 Å². The number of aliphatic imine (C=N–C) groups is 1. The average Bonchev–Trinajstić information content (AvgIpc) is 2.28. The Balaban J connectivity index is 3.12. The van der Waals surface area contributed by atoms with E-state index in [1.165, 1.54) is 0 Å². The zero-order valence-electron chi connectivity index (χ0n) is 10.1. The maximum Gasteiger partial charge on any atom is 0.248 e. The van der Waals surface area contributed by atoms with Crippen molar-refractivity contribution in [2.75, 3.05) is 0 Å². The molecule has 0 aliphatic rings. The normalized spacial score (nSPS) is 11.8. The number of nitrogens with two attached hydrogens (primary N) is 1. The van der Waals surface area contributed by atoms with E-state index < -0.39 is 5.91 Å². The molecule has 1 aromatic carbocycles. The second-order valence-electron chi connectivity index (χ2n) is 3.67. The van der Waals surface area contributed by atoms with Crippen LogP contribution in [0.15, 0.2) is 53.7 Å². The van der Waals surface area contributed by atoms with Gasteiger partial charge in [0.15, 0.2) is 0 Å². The van der Waals surface area contributed by atoms with E-state index in [0.29, 0.717) is 5.56 Å². The lowest BCUT2D eigenvalue weighted by molar-refractivity contribution is 0.100. The molecule has 3 nitrogen and oxygen atoms in total. The molecule has 0 aromatic heterocycles. The van der Waals surface area contributed by atoms with Crippen LogP contribution in [0.4, 0.5) is 0 Å². The summed E-state index contributed by atoms with van der Waals surface area (Å²) in [5.74, 6) is -0.430. The summed E-state index contributed by atoms with van der Waals surface area (Å²) in [6, 6.07) is 7.02. The summed E-state index contributed by atoms with van der Waals surface area (Å²) in [6.07, 6.45) is 3.80. The largest absolute Gasteiger partial charge is 0.366 e. The van der Waals surface area contributed by atoms with Crippen LogP contribution in [-0.4, -0.2) is 11.6 Å². The zero-order valence-corrected chi connectivity index (χ0v) is 10.1. The minimum absolute atomic E-state index is 0.430. The molecule has 2 N–H and O–H groups in total. The average molecular weight is 228 g/mol. The Labute approximate surface area is 101 Å². The number of hydrogen-bond acceptors (Lipinski definition) is 2. The molecule has 0 bridgehead atoms. The molecule has 0 fully saturated rings. The number of benzene rings is 1. The number of hydrogen-bond donors (Lipinski definition) is 1. The van der Waals surface area contributed by atoms with Gasteiger partial charge in [-0.05, 0) is 32.1 Å². The van der Waals surface area contributed by atoms with E-state index in [2.05, 4.69) is 11.6 Å². The first-order chi connectivity index (χ1) is 8.04. The summed E-state index contributed by atoms with van der Waals surface area (Å²) >= 11 is 0. The predicted octanol–water partition coefficient (Wildman–Crippen LogP) is 2.68. The van der Waals surface area contributed by atoms with Crippen molar-refractivity contribution >= 4 is 11.6 Å². The highest BCUT2D eigenvalue weighted by Crippen LogP contribution is 2.08. The highest BCUT2D eigenvalue weighted by atomic mass is 16.1. The van der Waals surface area contributed by atoms with Crippen molar-refractivity contribution in [2.45, 2.75) is 13.8 Å². The number of nitrogens with zero attached hydrogens (tertiary/aromatic N) is 1. The third-order valence-electron chi connectivity index (χ3n) is 2.10. The maximum atomic E-state index is 10.9. The van der Waals surface area contributed by atoms with E-state index in [0.717, 1.165) is 17.0 Å². The molecular weight excluding hydrogens is 212 g/mol. The molecule has 0 atom stereocenters. The molecule has 0 heterocycles. The van der Waals surface area contributed by atoms with Crippen LogP contribution in [0, 0.1) is 0 Å². The van der Waals surface area contributed by atoms with Crippen LogP contribution in [0.5, 0.6) is 0 Å². The molecule has 1 rings (SSSR count). The zero-order chi connectivity index (χ0) is 12.8. The van der Waals surface area contributed by atoms with Crippen molar-refractivity contribution in [1.82, 2.24) is 0 Å². The lowest BCUT2D eigenvalue weighted by Crippen LogP contribution is -2.11. The fourth-order valence-electron chi connectivity index (χ4n) is 1.37. The summed E-state index contributed by atoms with van der Waals surface area (Å²) in [6.45, 7) is 7.51. The standard InChI is InChI=1S/C14H16N2O/c1-4-5-13(16-10(2)3)11-6-8-12(9-7-11)14(15)17/h4-9H,2H2,1,3H3,(H2,15,17)/b5-4-,16-13+. The number of primary amides is 1. The van der Waals surface area contributed by atoms with Gasteiger partial charge in [-0.1, -0.05) is 24.8 Å². The van der Waals surface area contributed by atoms with Gasteiger partial charge in [0.25, 0.3) is 0 Å². The molecule has 88 valence electrons. The lowest BCUT2D eigenvalue weighted by atomic mass is 10.1. The topological polar surface area (TPSA) is 55.4 Å². The predicted molar refractivity (Wildman–Crippen MR) is 71.1 cm³/mol. The molecule has 0 radical (unpaired) electrons. The Bertz CT molecular complexity index is 481. The number of carbonyl (C=O) groups is 1. The molecule has 0 saturated carbocycles. The van der Waals surface area contributed by atoms with Crippen LogP contribution in [0.1, 0.15) is 29.8 Å². The molecule has 0 spiro atoms. The molecule has 0 unspecified atom stereocenters. The first-order valence-electron chi connectivity index (χ1n) is 5.31. The Morgan fingerprint density at radius 1 is 1.29 bits per heavy atom. The third kappa shape index (κ3) is 3.72. The van der Waals surface area contributed by atoms with E-state index >= 15 is 0 Å². The van der Waals surface area contributed by atoms with Crippen LogP contribution in [0.3, 0.4) is 0 Å². The summed E-state index contributed by atoms with van der Waals surface area (Å²) in [5.41, 5.74) is 8.15. The Hall–Kier alpha value is -2.16. The van der Waals surface area contributed by atoms with Gasteiger partial charge >= 0.3 is 0 Å². The van der Waals surface area contributed by atoms with Gasteiger partial charge in [-0.25, -0.2) is 0 Å². The van der Waals surface area contributed by atoms with Crippen molar-refractivity contribution in [3.63, 3.8) is 0 Å². The van der Waals surface area contributed by atoms with Gasteiger partial charge in [0, 0.05) is 16.8 Å². The second-order valence-corrected chi connectivity index (χ2v) is 3.67. The molecule has 3 heteroatoms. The van der Waals surface area contributed by atoms with Crippen molar-refractivity contribution in [3.8, 4) is 0 Å². The van der Waals surface area contributed by atoms with Gasteiger partial charge in [-0.3, -0.25) is 9.79 Å². The van der Waals surface area contributed by atoms with Crippen molar-refractivity contribution in [3.05, 3.63) is 59.8 Å². The minimum atomic E-state index is -0.430. The molecule has 0 saturated heterocycles. The Kier molecular flexibility index (Phi) is 4.40. The SMILES string of the molecule is C=C(C)/N=C(\C=C/C)c1ccc(C(N)=O)cc1. The number of carbonyl (C=O) groups excluding carboxylic acids is 1. The summed E-state index contributed by atoms with van der Waals surface area (Å²) in [4.78, 5) is 15.3. The number of rotatable bonds is 4. The highest BCUT2D eigenvalue weighted by Gasteiger charge is 2.03. The first-order valence-corrected chi connectivity index (χ1v) is 5.31. The highest BCUT2D eigenvalue weighted by molar-refractivity contribution is 6.09. The quantitative estimate of drug-likeness (QED) is 0.791. The van der Waals surface area contributed by atoms with Gasteiger partial charge in [-0.2, -0.15) is 0 Å². The first kappa shape index (κ1) is 12.9. The molecule has 0 aliphatic carbocycles. The summed E-state index contributed by atoms with van der Waals surface area (Å²) in [7, 11) is 0. The van der Waals surface area contributed by atoms with Crippen LogP contribution in [-0.2, 0) is 0 Å². The summed E-state index contributed by atoms with van der Waals surface area (Å²) < 4.78 is 0. The Morgan fingerprint density at radius 3 is 2.24 bits per heavy atom. The molecule has 1 aromatic rings. The van der Waals surface area contributed by atoms with E-state index in [1.807, 2.05) is 38.1 Å². The van der Waals surface area contributed by atoms with Crippen molar-refractivity contribution in [1.29, 1.82) is 0 Å². The number of allylic oxidation sites excluding steroid dienone is 3. The fourth-order valence-corrected chi connectivity index (χ4v) is 1.37. The fraction of sp³-hybridized carbons (Fsp3) is 0.143. The van der Waals surface area contributed by atoms with Gasteiger partial charge in [0.05, 0.1) is 5.71 Å². The van der Waals surface area contributed by atoms with Crippen LogP contribution >= 0.6 is 0 Å². The third-order valence-corrected chi connectivity index (χ3v) is 2.10. The van der Waals surface area contributed by atoms with Crippen LogP contribution < -0.4 is 5.73 Å². The lowest BCUT2D eigenvalue weighted by Gasteiger charge is -2.03. The Morgan fingerprint density at radius 2 is 1.82 bits per heavy atom. The van der Waals surface area contributed by atoms with Gasteiger partial charge in [-0.15, -0.1) is 0 Å². The smallest absolute Gasteiger partial charge is 0.248 e. The maximum absolute atomic E-state index is 10.9. The monoisotopic (exact) mass is 228 g/mol. The van der Waals surface area contributed by atoms with Gasteiger partial charge in [0.2, 0.25) is 5.91 Å². The molecule has 17 heavy (non-hydrogen) atoms. The molecule has 0 aliphatic heterocycles. The van der Waals surface area contributed by atoms with Crippen molar-refractivity contribution < 1.29 is 4.79 Å². The summed E-state index contributed by atoms with van der Waals surface area (Å²) in [5, 5.41) is 0. The van der Waals surface area contributed by atoms with Crippen LogP contribution in [0.2, 0.25) is 0 Å². The van der Waals surface area contributed by atoms with E-state index in [4.69, 9.17) is 5.73 Å². The molecule has 1 amide bonds. The van der Waals surface area contributed by atoms with E-state index in [9.17, 15) is 4.79 Å². The van der Waals surface area contributed by atoms with E-state index in [-0.39, 0.29) is 0 Å². The van der Waals surface area contributed by atoms with Crippen LogP contribution in [0.25, 0.3) is 0 Å².